The van der Waals surface area contributed by atoms with Gasteiger partial charge in [0.25, 0.3) is 0 Å². The van der Waals surface area contributed by atoms with Crippen molar-refractivity contribution in [2.45, 2.75) is 51.6 Å². The Balaban J connectivity index is 2.06. The van der Waals surface area contributed by atoms with E-state index >= 15 is 0 Å². The highest BCUT2D eigenvalue weighted by molar-refractivity contribution is 5.88. The molecule has 0 unspecified atom stereocenters. The maximum absolute atomic E-state index is 10.9. The van der Waals surface area contributed by atoms with Gasteiger partial charge in [0.2, 0.25) is 0 Å². The average Bonchev–Trinajstić information content (AvgIpc) is 2.60. The van der Waals surface area contributed by atoms with E-state index in [1.807, 2.05) is 6.92 Å². The number of hydrogen-bond donors (Lipinski definition) is 1. The number of hydrogen-bond acceptors (Lipinski definition) is 2. The molecule has 0 spiro atoms. The second kappa shape index (κ2) is 5.89. The Morgan fingerprint density at radius 1 is 1.22 bits per heavy atom. The first-order valence-electron chi connectivity index (χ1n) is 6.67. The molecule has 0 aromatic heterocycles. The highest BCUT2D eigenvalue weighted by Crippen LogP contribution is 2.25. The fourth-order valence-corrected chi connectivity index (χ4v) is 2.45. The zero-order chi connectivity index (χ0) is 13.0. The topological polar surface area (TPSA) is 46.5 Å². The van der Waals surface area contributed by atoms with Crippen LogP contribution in [0.1, 0.15) is 54.4 Å². The Bertz CT molecular complexity index is 418. The molecule has 1 aliphatic rings. The average molecular weight is 248 g/mol. The number of rotatable bonds is 3. The molecule has 0 amide bonds. The Kier molecular flexibility index (Phi) is 4.24. The molecule has 18 heavy (non-hydrogen) atoms. The monoisotopic (exact) mass is 248 g/mol. The number of carboxylic acids is 1. The van der Waals surface area contributed by atoms with E-state index in [1.54, 1.807) is 18.2 Å². The fraction of sp³-hybridized carbons (Fsp3) is 0.533. The van der Waals surface area contributed by atoms with Crippen molar-refractivity contribution in [1.29, 1.82) is 0 Å². The second-order valence-corrected chi connectivity index (χ2v) is 5.02. The van der Waals surface area contributed by atoms with Crippen molar-refractivity contribution >= 4 is 5.97 Å². The molecule has 0 atom stereocenters. The highest BCUT2D eigenvalue weighted by Gasteiger charge is 2.15. The fourth-order valence-electron chi connectivity index (χ4n) is 2.45. The molecule has 0 heterocycles. The largest absolute Gasteiger partial charge is 0.490 e. The zero-order valence-corrected chi connectivity index (χ0v) is 10.8. The maximum atomic E-state index is 10.9. The number of carboxylic acid groups (broad SMARTS) is 1. The van der Waals surface area contributed by atoms with Gasteiger partial charge in [-0.3, -0.25) is 0 Å². The molecular weight excluding hydrogens is 228 g/mol. The van der Waals surface area contributed by atoms with Crippen LogP contribution in [0.2, 0.25) is 0 Å². The quantitative estimate of drug-likeness (QED) is 0.828. The van der Waals surface area contributed by atoms with Crippen LogP contribution < -0.4 is 4.74 Å². The van der Waals surface area contributed by atoms with Gasteiger partial charge in [0, 0.05) is 0 Å². The maximum Gasteiger partial charge on any atom is 0.335 e. The van der Waals surface area contributed by atoms with Gasteiger partial charge < -0.3 is 9.84 Å². The van der Waals surface area contributed by atoms with E-state index in [9.17, 15) is 4.79 Å². The minimum Gasteiger partial charge on any atom is -0.490 e. The van der Waals surface area contributed by atoms with E-state index in [-0.39, 0.29) is 0 Å². The van der Waals surface area contributed by atoms with Gasteiger partial charge in [0.05, 0.1) is 11.7 Å². The van der Waals surface area contributed by atoms with Crippen LogP contribution in [0.3, 0.4) is 0 Å². The van der Waals surface area contributed by atoms with Gasteiger partial charge >= 0.3 is 5.97 Å². The van der Waals surface area contributed by atoms with Gasteiger partial charge in [-0.25, -0.2) is 4.79 Å². The lowest BCUT2D eigenvalue weighted by Crippen LogP contribution is -2.15. The van der Waals surface area contributed by atoms with Gasteiger partial charge in [-0.15, -0.1) is 0 Å². The molecule has 1 saturated carbocycles. The third-order valence-electron chi connectivity index (χ3n) is 3.52. The van der Waals surface area contributed by atoms with Crippen LogP contribution in [0.4, 0.5) is 0 Å². The van der Waals surface area contributed by atoms with E-state index in [1.165, 1.54) is 25.7 Å². The molecule has 3 heteroatoms. The lowest BCUT2D eigenvalue weighted by Gasteiger charge is -2.18. The summed E-state index contributed by atoms with van der Waals surface area (Å²) in [6.07, 6.45) is 7.59. The summed E-state index contributed by atoms with van der Waals surface area (Å²) in [6, 6.07) is 5.07. The molecule has 1 aliphatic carbocycles. The van der Waals surface area contributed by atoms with Crippen molar-refractivity contribution in [1.82, 2.24) is 0 Å². The Morgan fingerprint density at radius 3 is 2.44 bits per heavy atom. The second-order valence-electron chi connectivity index (χ2n) is 5.02. The predicted molar refractivity (Wildman–Crippen MR) is 70.3 cm³/mol. The third kappa shape index (κ3) is 3.25. The summed E-state index contributed by atoms with van der Waals surface area (Å²) in [6.45, 7) is 1.90. The van der Waals surface area contributed by atoms with Crippen molar-refractivity contribution in [2.24, 2.45) is 0 Å². The molecule has 3 nitrogen and oxygen atoms in total. The standard InChI is InChI=1S/C15H20O3/c1-11-10-12(15(16)17)8-9-14(11)18-13-6-4-2-3-5-7-13/h8-10,13H,2-7H2,1H3,(H,16,17). The summed E-state index contributed by atoms with van der Waals surface area (Å²) in [5, 5.41) is 8.92. The summed E-state index contributed by atoms with van der Waals surface area (Å²) in [5.74, 6) is -0.0639. The van der Waals surface area contributed by atoms with Crippen LogP contribution in [0.5, 0.6) is 5.75 Å². The SMILES string of the molecule is Cc1cc(C(=O)O)ccc1OC1CCCCCC1. The molecule has 0 radical (unpaired) electrons. The van der Waals surface area contributed by atoms with Crippen molar-refractivity contribution in [3.8, 4) is 5.75 Å². The minimum absolute atomic E-state index is 0.293. The molecular formula is C15H20O3. The molecule has 0 bridgehead atoms. The van der Waals surface area contributed by atoms with Gasteiger partial charge in [-0.05, 0) is 56.4 Å². The first-order chi connectivity index (χ1) is 8.66. The molecule has 0 saturated heterocycles. The summed E-state index contributed by atoms with van der Waals surface area (Å²) in [4.78, 5) is 10.9. The van der Waals surface area contributed by atoms with Gasteiger partial charge in [0.15, 0.2) is 0 Å². The number of carbonyl (C=O) groups is 1. The molecule has 1 fully saturated rings. The third-order valence-corrected chi connectivity index (χ3v) is 3.52. The van der Waals surface area contributed by atoms with Crippen LogP contribution in [0, 0.1) is 6.92 Å². The van der Waals surface area contributed by atoms with E-state index < -0.39 is 5.97 Å². The van der Waals surface area contributed by atoms with E-state index in [2.05, 4.69) is 0 Å². The Labute approximate surface area is 108 Å². The smallest absolute Gasteiger partial charge is 0.335 e. The summed E-state index contributed by atoms with van der Waals surface area (Å²) < 4.78 is 6.01. The van der Waals surface area contributed by atoms with Gasteiger partial charge in [0.1, 0.15) is 5.75 Å². The molecule has 0 aliphatic heterocycles. The first-order valence-corrected chi connectivity index (χ1v) is 6.67. The van der Waals surface area contributed by atoms with Crippen LogP contribution in [-0.4, -0.2) is 17.2 Å². The normalized spacial score (nSPS) is 17.2. The van der Waals surface area contributed by atoms with Crippen molar-refractivity contribution in [3.05, 3.63) is 29.3 Å². The number of benzene rings is 1. The lowest BCUT2D eigenvalue weighted by molar-refractivity contribution is 0.0696. The number of ether oxygens (including phenoxy) is 1. The Morgan fingerprint density at radius 2 is 1.89 bits per heavy atom. The number of aryl methyl sites for hydroxylation is 1. The van der Waals surface area contributed by atoms with Gasteiger partial charge in [-0.2, -0.15) is 0 Å². The van der Waals surface area contributed by atoms with Crippen LogP contribution >= 0.6 is 0 Å². The van der Waals surface area contributed by atoms with E-state index in [0.717, 1.165) is 24.2 Å². The van der Waals surface area contributed by atoms with Crippen molar-refractivity contribution in [3.63, 3.8) is 0 Å². The van der Waals surface area contributed by atoms with Crippen LogP contribution in [0.25, 0.3) is 0 Å². The summed E-state index contributed by atoms with van der Waals surface area (Å²) >= 11 is 0. The predicted octanol–water partition coefficient (Wildman–Crippen LogP) is 3.79. The first kappa shape index (κ1) is 12.9. The van der Waals surface area contributed by atoms with Crippen molar-refractivity contribution < 1.29 is 14.6 Å². The minimum atomic E-state index is -0.890. The van der Waals surface area contributed by atoms with Crippen molar-refractivity contribution in [2.75, 3.05) is 0 Å². The Hall–Kier alpha value is -1.51. The molecule has 1 N–H and O–H groups in total. The molecule has 2 rings (SSSR count). The lowest BCUT2D eigenvalue weighted by atomic mass is 10.1. The van der Waals surface area contributed by atoms with Crippen LogP contribution in [-0.2, 0) is 0 Å². The summed E-state index contributed by atoms with van der Waals surface area (Å²) in [5.41, 5.74) is 1.22. The number of aromatic carboxylic acids is 1. The molecule has 1 aromatic rings. The zero-order valence-electron chi connectivity index (χ0n) is 10.8. The molecule has 1 aromatic carbocycles. The van der Waals surface area contributed by atoms with Crippen LogP contribution in [0.15, 0.2) is 18.2 Å². The summed E-state index contributed by atoms with van der Waals surface area (Å²) in [7, 11) is 0. The highest BCUT2D eigenvalue weighted by atomic mass is 16.5. The van der Waals surface area contributed by atoms with Gasteiger partial charge in [-0.1, -0.05) is 12.8 Å². The van der Waals surface area contributed by atoms with E-state index in [4.69, 9.17) is 9.84 Å². The van der Waals surface area contributed by atoms with E-state index in [0.29, 0.717) is 11.7 Å². The molecule has 98 valence electrons.